The lowest BCUT2D eigenvalue weighted by Gasteiger charge is -2.30. The molecule has 1 aromatic rings. The van der Waals surface area contributed by atoms with Gasteiger partial charge in [-0.2, -0.15) is 0 Å². The van der Waals surface area contributed by atoms with Crippen molar-refractivity contribution in [3.63, 3.8) is 0 Å². The van der Waals surface area contributed by atoms with Gasteiger partial charge >= 0.3 is 0 Å². The van der Waals surface area contributed by atoms with E-state index < -0.39 is 10.0 Å². The third kappa shape index (κ3) is 4.09. The summed E-state index contributed by atoms with van der Waals surface area (Å²) in [7, 11) is -1.56. The summed E-state index contributed by atoms with van der Waals surface area (Å²) < 4.78 is 29.5. The van der Waals surface area contributed by atoms with E-state index in [0.717, 1.165) is 18.4 Å². The van der Waals surface area contributed by atoms with Crippen LogP contribution in [-0.2, 0) is 16.6 Å². The van der Waals surface area contributed by atoms with E-state index >= 15 is 0 Å². The first kappa shape index (κ1) is 16.1. The molecule has 118 valence electrons. The number of nitrogens with zero attached hydrogens (tertiary/aromatic N) is 1. The Hall–Kier alpha value is -1.31. The maximum absolute atomic E-state index is 11.4. The van der Waals surface area contributed by atoms with Crippen LogP contribution in [0.2, 0.25) is 0 Å². The highest BCUT2D eigenvalue weighted by Gasteiger charge is 2.24. The fourth-order valence-corrected chi connectivity index (χ4v) is 3.40. The van der Waals surface area contributed by atoms with Gasteiger partial charge in [0.05, 0.1) is 13.4 Å². The lowest BCUT2D eigenvalue weighted by atomic mass is 10.1. The molecule has 1 fully saturated rings. The van der Waals surface area contributed by atoms with Gasteiger partial charge in [0.15, 0.2) is 11.5 Å². The van der Waals surface area contributed by atoms with Crippen molar-refractivity contribution >= 4 is 10.0 Å². The Morgan fingerprint density at radius 1 is 1.38 bits per heavy atom. The molecule has 0 aromatic heterocycles. The van der Waals surface area contributed by atoms with Gasteiger partial charge in [0.1, 0.15) is 0 Å². The number of sulfonamides is 1. The number of hydrogen-bond acceptors (Lipinski definition) is 5. The molecule has 0 aliphatic carbocycles. The second-order valence-electron chi connectivity index (χ2n) is 5.29. The van der Waals surface area contributed by atoms with Crippen LogP contribution in [0.25, 0.3) is 0 Å². The topological polar surface area (TPSA) is 78.9 Å². The minimum atomic E-state index is -3.08. The van der Waals surface area contributed by atoms with Gasteiger partial charge in [-0.25, -0.2) is 12.7 Å². The molecule has 21 heavy (non-hydrogen) atoms. The van der Waals surface area contributed by atoms with Crippen molar-refractivity contribution < 1.29 is 18.3 Å². The first-order chi connectivity index (χ1) is 9.91. The summed E-state index contributed by atoms with van der Waals surface area (Å²) in [6.07, 6.45) is 2.80. The number of aromatic hydroxyl groups is 1. The normalized spacial score (nSPS) is 17.8. The van der Waals surface area contributed by atoms with Crippen LogP contribution in [0.5, 0.6) is 11.5 Å². The molecule has 2 rings (SSSR count). The van der Waals surface area contributed by atoms with Gasteiger partial charge in [0, 0.05) is 31.2 Å². The fraction of sp³-hybridized carbons (Fsp3) is 0.571. The second kappa shape index (κ2) is 6.64. The number of benzene rings is 1. The summed E-state index contributed by atoms with van der Waals surface area (Å²) in [6, 6.07) is 5.65. The van der Waals surface area contributed by atoms with E-state index in [4.69, 9.17) is 4.74 Å². The third-order valence-corrected chi connectivity index (χ3v) is 5.11. The van der Waals surface area contributed by atoms with E-state index in [0.29, 0.717) is 25.4 Å². The predicted octanol–water partition coefficient (Wildman–Crippen LogP) is 0.914. The first-order valence-electron chi connectivity index (χ1n) is 6.95. The van der Waals surface area contributed by atoms with E-state index in [-0.39, 0.29) is 11.8 Å². The molecule has 6 nitrogen and oxygen atoms in total. The van der Waals surface area contributed by atoms with Crippen molar-refractivity contribution in [3.05, 3.63) is 23.8 Å². The maximum atomic E-state index is 11.4. The minimum Gasteiger partial charge on any atom is -0.504 e. The number of hydrogen-bond donors (Lipinski definition) is 2. The van der Waals surface area contributed by atoms with Crippen molar-refractivity contribution in [3.8, 4) is 11.5 Å². The summed E-state index contributed by atoms with van der Waals surface area (Å²) in [6.45, 7) is 1.62. The smallest absolute Gasteiger partial charge is 0.211 e. The Balaban J connectivity index is 1.88. The number of para-hydroxylation sites is 1. The van der Waals surface area contributed by atoms with E-state index in [1.807, 2.05) is 12.1 Å². The Morgan fingerprint density at radius 2 is 2.05 bits per heavy atom. The summed E-state index contributed by atoms with van der Waals surface area (Å²) in [4.78, 5) is 0. The fourth-order valence-electron chi connectivity index (χ4n) is 2.52. The summed E-state index contributed by atoms with van der Waals surface area (Å²) >= 11 is 0. The predicted molar refractivity (Wildman–Crippen MR) is 80.9 cm³/mol. The lowest BCUT2D eigenvalue weighted by Crippen LogP contribution is -2.44. The molecule has 1 aliphatic rings. The van der Waals surface area contributed by atoms with E-state index in [9.17, 15) is 13.5 Å². The molecule has 1 saturated heterocycles. The van der Waals surface area contributed by atoms with Crippen LogP contribution < -0.4 is 10.1 Å². The van der Waals surface area contributed by atoms with E-state index in [1.54, 1.807) is 6.07 Å². The largest absolute Gasteiger partial charge is 0.504 e. The summed E-state index contributed by atoms with van der Waals surface area (Å²) in [5, 5.41) is 13.4. The van der Waals surface area contributed by atoms with Gasteiger partial charge in [-0.3, -0.25) is 0 Å². The van der Waals surface area contributed by atoms with Gasteiger partial charge in [-0.1, -0.05) is 12.1 Å². The van der Waals surface area contributed by atoms with Crippen molar-refractivity contribution in [1.29, 1.82) is 0 Å². The molecule has 0 atom stereocenters. The standard InChI is InChI=1S/C14H22N2O4S/c1-20-13-5-3-4-11(14(13)17)10-15-12-6-8-16(9-7-12)21(2,18)19/h3-5,12,15,17H,6-10H2,1-2H3. The number of piperidine rings is 1. The average molecular weight is 314 g/mol. The number of ether oxygens (including phenoxy) is 1. The van der Waals surface area contributed by atoms with E-state index in [1.165, 1.54) is 17.7 Å². The molecule has 1 aliphatic heterocycles. The third-order valence-electron chi connectivity index (χ3n) is 3.81. The van der Waals surface area contributed by atoms with Crippen LogP contribution in [0.4, 0.5) is 0 Å². The molecule has 0 spiro atoms. The molecule has 0 saturated carbocycles. The second-order valence-corrected chi connectivity index (χ2v) is 7.27. The van der Waals surface area contributed by atoms with Crippen LogP contribution in [0, 0.1) is 0 Å². The van der Waals surface area contributed by atoms with Crippen molar-refractivity contribution in [2.75, 3.05) is 26.5 Å². The number of rotatable bonds is 5. The first-order valence-corrected chi connectivity index (χ1v) is 8.80. The van der Waals surface area contributed by atoms with Crippen LogP contribution in [-0.4, -0.2) is 50.3 Å². The molecule has 7 heteroatoms. The highest BCUT2D eigenvalue weighted by molar-refractivity contribution is 7.88. The number of methoxy groups -OCH3 is 1. The SMILES string of the molecule is COc1cccc(CNC2CCN(S(C)(=O)=O)CC2)c1O. The molecule has 1 heterocycles. The van der Waals surface area contributed by atoms with Crippen molar-refractivity contribution in [2.45, 2.75) is 25.4 Å². The molecule has 0 amide bonds. The number of nitrogens with one attached hydrogen (secondary N) is 1. The highest BCUT2D eigenvalue weighted by atomic mass is 32.2. The van der Waals surface area contributed by atoms with Crippen LogP contribution >= 0.6 is 0 Å². The van der Waals surface area contributed by atoms with Crippen molar-refractivity contribution in [2.24, 2.45) is 0 Å². The molecular formula is C14H22N2O4S. The molecule has 0 bridgehead atoms. The van der Waals surface area contributed by atoms with Crippen molar-refractivity contribution in [1.82, 2.24) is 9.62 Å². The molecule has 0 unspecified atom stereocenters. The zero-order valence-electron chi connectivity index (χ0n) is 12.4. The van der Waals surface area contributed by atoms with Gasteiger partial charge in [0.25, 0.3) is 0 Å². The molecule has 2 N–H and O–H groups in total. The Labute approximate surface area is 125 Å². The van der Waals surface area contributed by atoms with Gasteiger partial charge in [0.2, 0.25) is 10.0 Å². The lowest BCUT2D eigenvalue weighted by molar-refractivity contribution is 0.289. The Morgan fingerprint density at radius 3 is 2.62 bits per heavy atom. The summed E-state index contributed by atoms with van der Waals surface area (Å²) in [5.74, 6) is 0.613. The zero-order chi connectivity index (χ0) is 15.5. The number of phenolic OH excluding ortho intramolecular Hbond substituents is 1. The van der Waals surface area contributed by atoms with Gasteiger partial charge < -0.3 is 15.2 Å². The molecular weight excluding hydrogens is 292 g/mol. The quantitative estimate of drug-likeness (QED) is 0.845. The minimum absolute atomic E-state index is 0.154. The zero-order valence-corrected chi connectivity index (χ0v) is 13.2. The van der Waals surface area contributed by atoms with Gasteiger partial charge in [-0.15, -0.1) is 0 Å². The maximum Gasteiger partial charge on any atom is 0.211 e. The highest BCUT2D eigenvalue weighted by Crippen LogP contribution is 2.29. The summed E-state index contributed by atoms with van der Waals surface area (Å²) in [5.41, 5.74) is 0.778. The molecule has 0 radical (unpaired) electrons. The van der Waals surface area contributed by atoms with Gasteiger partial charge in [-0.05, 0) is 18.9 Å². The van der Waals surface area contributed by atoms with E-state index in [2.05, 4.69) is 5.32 Å². The Bertz CT molecular complexity index is 581. The number of phenols is 1. The van der Waals surface area contributed by atoms with Crippen LogP contribution in [0.15, 0.2) is 18.2 Å². The average Bonchev–Trinajstić information content (AvgIpc) is 2.46. The monoisotopic (exact) mass is 314 g/mol. The molecule has 1 aromatic carbocycles. The van der Waals surface area contributed by atoms with Crippen LogP contribution in [0.3, 0.4) is 0 Å². The van der Waals surface area contributed by atoms with Crippen LogP contribution in [0.1, 0.15) is 18.4 Å². The Kier molecular flexibility index (Phi) is 5.08.